The Hall–Kier alpha value is -2.26. The van der Waals surface area contributed by atoms with E-state index in [1.165, 1.54) is 20.1 Å². The maximum Gasteiger partial charge on any atom is 0.352 e. The summed E-state index contributed by atoms with van der Waals surface area (Å²) < 4.78 is 12.0. The molecule has 2 aromatic carbocycles. The van der Waals surface area contributed by atoms with E-state index in [0.29, 0.717) is 28.7 Å². The second-order valence-corrected chi connectivity index (χ2v) is 7.09. The van der Waals surface area contributed by atoms with Crippen molar-refractivity contribution in [2.75, 3.05) is 7.11 Å². The summed E-state index contributed by atoms with van der Waals surface area (Å²) in [7, 11) is 1.50. The van der Waals surface area contributed by atoms with Crippen LogP contribution in [0.5, 0.6) is 11.5 Å². The maximum absolute atomic E-state index is 11.3. The second kappa shape index (κ2) is 9.61. The number of carboxylic acids is 1. The normalized spacial score (nSPS) is 11.0. The Morgan fingerprint density at radius 2 is 1.93 bits per heavy atom. The van der Waals surface area contributed by atoms with Gasteiger partial charge in [0.2, 0.25) is 5.91 Å². The van der Waals surface area contributed by atoms with Gasteiger partial charge in [0.25, 0.3) is 0 Å². The second-order valence-electron chi connectivity index (χ2n) is 5.49. The Morgan fingerprint density at radius 3 is 2.48 bits per heavy atom. The number of hydrogen-bond acceptors (Lipinski definition) is 4. The van der Waals surface area contributed by atoms with E-state index < -0.39 is 11.9 Å². The van der Waals surface area contributed by atoms with Crippen molar-refractivity contribution >= 4 is 52.1 Å². The molecule has 0 atom stereocenters. The smallest absolute Gasteiger partial charge is 0.352 e. The van der Waals surface area contributed by atoms with Crippen molar-refractivity contribution in [3.05, 3.63) is 61.8 Å². The van der Waals surface area contributed by atoms with Crippen LogP contribution >= 0.6 is 34.2 Å². The van der Waals surface area contributed by atoms with Crippen LogP contribution in [0.4, 0.5) is 0 Å². The lowest BCUT2D eigenvalue weighted by molar-refractivity contribution is -0.134. The molecule has 8 heteroatoms. The zero-order valence-corrected chi connectivity index (χ0v) is 17.5. The first kappa shape index (κ1) is 21.0. The number of halogens is 2. The highest BCUT2D eigenvalue weighted by Crippen LogP contribution is 2.35. The summed E-state index contributed by atoms with van der Waals surface area (Å²) in [5, 5.41) is 12.1. The first-order chi connectivity index (χ1) is 12.8. The van der Waals surface area contributed by atoms with E-state index in [-0.39, 0.29) is 5.70 Å². The zero-order valence-electron chi connectivity index (χ0n) is 14.6. The average molecular weight is 502 g/mol. The van der Waals surface area contributed by atoms with Gasteiger partial charge in [0.15, 0.2) is 11.5 Å². The van der Waals surface area contributed by atoms with Gasteiger partial charge in [-0.25, -0.2) is 4.79 Å². The van der Waals surface area contributed by atoms with Gasteiger partial charge in [-0.2, -0.15) is 0 Å². The molecule has 0 saturated carbocycles. The van der Waals surface area contributed by atoms with E-state index in [2.05, 4.69) is 27.9 Å². The highest BCUT2D eigenvalue weighted by Gasteiger charge is 2.14. The van der Waals surface area contributed by atoms with Gasteiger partial charge in [-0.3, -0.25) is 4.79 Å². The minimum absolute atomic E-state index is 0.227. The molecule has 0 heterocycles. The third kappa shape index (κ3) is 6.14. The fourth-order valence-corrected chi connectivity index (χ4v) is 3.11. The van der Waals surface area contributed by atoms with E-state index in [1.54, 1.807) is 24.3 Å². The van der Waals surface area contributed by atoms with Crippen LogP contribution in [0.1, 0.15) is 18.1 Å². The molecular formula is C19H17ClINO5. The molecule has 2 rings (SSSR count). The van der Waals surface area contributed by atoms with Gasteiger partial charge in [-0.05, 0) is 64.1 Å². The highest BCUT2D eigenvalue weighted by atomic mass is 127. The van der Waals surface area contributed by atoms with Gasteiger partial charge in [0.1, 0.15) is 12.3 Å². The topological polar surface area (TPSA) is 84.9 Å². The number of hydrogen-bond donors (Lipinski definition) is 2. The molecule has 1 amide bonds. The van der Waals surface area contributed by atoms with Crippen LogP contribution in [-0.2, 0) is 16.2 Å². The average Bonchev–Trinajstić information content (AvgIpc) is 2.60. The standard InChI is InChI=1S/C19H17ClINO5/c1-11(23)22-16(19(24)25)8-13-7-15(21)18(17(9-13)26-2)27-10-12-3-5-14(20)6-4-12/h3-9H,10H2,1-2H3,(H,22,23)(H,24,25)/b16-8+. The first-order valence-electron chi connectivity index (χ1n) is 7.77. The van der Waals surface area contributed by atoms with Gasteiger partial charge < -0.3 is 19.9 Å². The molecule has 0 fully saturated rings. The van der Waals surface area contributed by atoms with Gasteiger partial charge in [-0.15, -0.1) is 0 Å². The number of carboxylic acid groups (broad SMARTS) is 1. The monoisotopic (exact) mass is 501 g/mol. The Bertz CT molecular complexity index is 880. The lowest BCUT2D eigenvalue weighted by Gasteiger charge is -2.14. The van der Waals surface area contributed by atoms with Gasteiger partial charge in [0.05, 0.1) is 10.7 Å². The number of rotatable bonds is 7. The summed E-state index contributed by atoms with van der Waals surface area (Å²) in [6, 6.07) is 10.7. The number of ether oxygens (including phenoxy) is 2. The summed E-state index contributed by atoms with van der Waals surface area (Å²) >= 11 is 7.96. The Labute approximate surface area is 175 Å². The van der Waals surface area contributed by atoms with E-state index in [1.807, 2.05) is 12.1 Å². The van der Waals surface area contributed by atoms with Gasteiger partial charge in [0, 0.05) is 11.9 Å². The molecule has 0 aromatic heterocycles. The molecule has 0 saturated heterocycles. The number of nitrogens with one attached hydrogen (secondary N) is 1. The van der Waals surface area contributed by atoms with Crippen molar-refractivity contribution in [3.63, 3.8) is 0 Å². The molecule has 27 heavy (non-hydrogen) atoms. The maximum atomic E-state index is 11.3. The molecule has 0 aliphatic heterocycles. The molecule has 2 N–H and O–H groups in total. The molecule has 0 radical (unpaired) electrons. The number of amides is 1. The minimum Gasteiger partial charge on any atom is -0.493 e. The molecule has 0 spiro atoms. The predicted octanol–water partition coefficient (Wildman–Crippen LogP) is 4.09. The molecule has 6 nitrogen and oxygen atoms in total. The quantitative estimate of drug-likeness (QED) is 0.441. The van der Waals surface area contributed by atoms with Crippen molar-refractivity contribution in [1.82, 2.24) is 5.32 Å². The summed E-state index contributed by atoms with van der Waals surface area (Å²) in [5.41, 5.74) is 1.27. The van der Waals surface area contributed by atoms with E-state index in [0.717, 1.165) is 9.13 Å². The van der Waals surface area contributed by atoms with Gasteiger partial charge in [-0.1, -0.05) is 23.7 Å². The van der Waals surface area contributed by atoms with Crippen LogP contribution in [0.25, 0.3) is 6.08 Å². The molecule has 142 valence electrons. The third-order valence-electron chi connectivity index (χ3n) is 3.40. The van der Waals surface area contributed by atoms with Crippen LogP contribution in [0, 0.1) is 3.57 Å². The third-order valence-corrected chi connectivity index (χ3v) is 4.45. The number of carbonyl (C=O) groups excluding carboxylic acids is 1. The summed E-state index contributed by atoms with van der Waals surface area (Å²) in [4.78, 5) is 22.4. The number of benzene rings is 2. The Balaban J connectivity index is 2.29. The number of carbonyl (C=O) groups is 2. The molecule has 0 unspecified atom stereocenters. The largest absolute Gasteiger partial charge is 0.493 e. The molecule has 2 aromatic rings. The van der Waals surface area contributed by atoms with Crippen molar-refractivity contribution in [3.8, 4) is 11.5 Å². The summed E-state index contributed by atoms with van der Waals surface area (Å²) in [6.07, 6.45) is 1.36. The SMILES string of the molecule is COc1cc(/C=C(/NC(C)=O)C(=O)O)cc(I)c1OCc1ccc(Cl)cc1. The van der Waals surface area contributed by atoms with Crippen molar-refractivity contribution in [2.45, 2.75) is 13.5 Å². The molecular weight excluding hydrogens is 485 g/mol. The van der Waals surface area contributed by atoms with Crippen LogP contribution in [0.2, 0.25) is 5.02 Å². The lowest BCUT2D eigenvalue weighted by atomic mass is 10.1. The fraction of sp³-hybridized carbons (Fsp3) is 0.158. The van der Waals surface area contributed by atoms with Crippen LogP contribution in [0.15, 0.2) is 42.1 Å². The highest BCUT2D eigenvalue weighted by molar-refractivity contribution is 14.1. The minimum atomic E-state index is -1.23. The summed E-state index contributed by atoms with van der Waals surface area (Å²) in [5.74, 6) is -0.702. The van der Waals surface area contributed by atoms with Gasteiger partial charge >= 0.3 is 5.97 Å². The van der Waals surface area contributed by atoms with E-state index >= 15 is 0 Å². The van der Waals surface area contributed by atoms with Crippen molar-refractivity contribution in [2.24, 2.45) is 0 Å². The molecule has 0 aliphatic carbocycles. The number of aliphatic carboxylic acids is 1. The van der Waals surface area contributed by atoms with E-state index in [4.69, 9.17) is 21.1 Å². The van der Waals surface area contributed by atoms with Crippen LogP contribution in [-0.4, -0.2) is 24.1 Å². The summed E-state index contributed by atoms with van der Waals surface area (Å²) in [6.45, 7) is 1.57. The lowest BCUT2D eigenvalue weighted by Crippen LogP contribution is -2.24. The first-order valence-corrected chi connectivity index (χ1v) is 9.23. The van der Waals surface area contributed by atoms with Crippen molar-refractivity contribution in [1.29, 1.82) is 0 Å². The van der Waals surface area contributed by atoms with Crippen LogP contribution < -0.4 is 14.8 Å². The fourth-order valence-electron chi connectivity index (χ4n) is 2.21. The molecule has 0 bridgehead atoms. The zero-order chi connectivity index (χ0) is 20.0. The number of methoxy groups -OCH3 is 1. The Morgan fingerprint density at radius 1 is 1.26 bits per heavy atom. The predicted molar refractivity (Wildman–Crippen MR) is 111 cm³/mol. The van der Waals surface area contributed by atoms with E-state index in [9.17, 15) is 14.7 Å². The van der Waals surface area contributed by atoms with Crippen molar-refractivity contribution < 1.29 is 24.2 Å². The molecule has 0 aliphatic rings. The van der Waals surface area contributed by atoms with Crippen LogP contribution in [0.3, 0.4) is 0 Å². The Kier molecular flexibility index (Phi) is 7.49.